The molecule has 5 rings (SSSR count). The first-order valence-electron chi connectivity index (χ1n) is 11.2. The maximum Gasteiger partial charge on any atom is 0.213 e. The van der Waals surface area contributed by atoms with Crippen molar-refractivity contribution in [2.75, 3.05) is 6.54 Å². The Hall–Kier alpha value is -2.44. The van der Waals surface area contributed by atoms with Crippen molar-refractivity contribution in [1.29, 1.82) is 0 Å². The Balaban J connectivity index is 1.39. The van der Waals surface area contributed by atoms with Crippen molar-refractivity contribution in [1.82, 2.24) is 25.1 Å². The molecule has 1 atom stereocenters. The fourth-order valence-electron chi connectivity index (χ4n) is 4.94. The van der Waals surface area contributed by atoms with E-state index in [0.29, 0.717) is 17.8 Å². The topological polar surface area (TPSA) is 64.9 Å². The zero-order chi connectivity index (χ0) is 21.2. The van der Waals surface area contributed by atoms with Crippen LogP contribution in [0.25, 0.3) is 5.69 Å². The van der Waals surface area contributed by atoms with Gasteiger partial charge in [0.15, 0.2) is 0 Å². The summed E-state index contributed by atoms with van der Waals surface area (Å²) in [7, 11) is 0. The fraction of sp³-hybridized carbons (Fsp3) is 0.458. The van der Waals surface area contributed by atoms with Gasteiger partial charge in [0.2, 0.25) is 5.88 Å². The van der Waals surface area contributed by atoms with Crippen molar-refractivity contribution in [3.05, 3.63) is 64.8 Å². The number of nitrogens with zero attached hydrogens (tertiary/aromatic N) is 4. The van der Waals surface area contributed by atoms with E-state index < -0.39 is 0 Å². The van der Waals surface area contributed by atoms with Crippen LogP contribution in [-0.4, -0.2) is 38.4 Å². The first kappa shape index (κ1) is 20.5. The summed E-state index contributed by atoms with van der Waals surface area (Å²) >= 11 is 6.35. The van der Waals surface area contributed by atoms with Crippen LogP contribution >= 0.6 is 11.6 Å². The Morgan fingerprint density at radius 2 is 1.97 bits per heavy atom. The van der Waals surface area contributed by atoms with Crippen molar-refractivity contribution < 1.29 is 4.74 Å². The standard InChI is InChI=1S/C24H28ClN5O/c1-2-26-19-14-17-13-18(25)8-11-21(17)30-22(15-19)28-29-24(30)16-6-9-20(10-7-16)31-23-5-3-4-12-27-23/h3-5,8,11-13,16,19-20,26H,2,6-7,9-10,14-15H2,1H3/t16-,19-,20-/m0/s1. The average molecular weight is 438 g/mol. The number of fused-ring (bicyclic) bond motifs is 3. The van der Waals surface area contributed by atoms with Crippen LogP contribution in [0.1, 0.15) is 55.7 Å². The lowest BCUT2D eigenvalue weighted by Gasteiger charge is -2.28. The number of ether oxygens (including phenoxy) is 1. The molecule has 2 aromatic heterocycles. The monoisotopic (exact) mass is 437 g/mol. The number of hydrogen-bond acceptors (Lipinski definition) is 5. The summed E-state index contributed by atoms with van der Waals surface area (Å²) in [5, 5.41) is 13.7. The number of rotatable bonds is 5. The van der Waals surface area contributed by atoms with Gasteiger partial charge in [0.05, 0.1) is 5.69 Å². The molecule has 1 fully saturated rings. The van der Waals surface area contributed by atoms with Gasteiger partial charge in [0.1, 0.15) is 17.8 Å². The van der Waals surface area contributed by atoms with Gasteiger partial charge >= 0.3 is 0 Å². The van der Waals surface area contributed by atoms with Gasteiger partial charge in [-0.25, -0.2) is 4.98 Å². The Morgan fingerprint density at radius 3 is 2.74 bits per heavy atom. The van der Waals surface area contributed by atoms with E-state index in [1.165, 1.54) is 11.3 Å². The highest BCUT2D eigenvalue weighted by molar-refractivity contribution is 6.30. The molecular weight excluding hydrogens is 410 g/mol. The van der Waals surface area contributed by atoms with Crippen LogP contribution < -0.4 is 10.1 Å². The zero-order valence-electron chi connectivity index (χ0n) is 17.8. The van der Waals surface area contributed by atoms with Crippen LogP contribution in [0.3, 0.4) is 0 Å². The van der Waals surface area contributed by atoms with Gasteiger partial charge in [0, 0.05) is 35.7 Å². The van der Waals surface area contributed by atoms with Crippen molar-refractivity contribution in [2.24, 2.45) is 0 Å². The predicted molar refractivity (Wildman–Crippen MR) is 121 cm³/mol. The van der Waals surface area contributed by atoms with Gasteiger partial charge in [-0.15, -0.1) is 10.2 Å². The third kappa shape index (κ3) is 4.32. The quantitative estimate of drug-likeness (QED) is 0.636. The maximum absolute atomic E-state index is 6.35. The molecule has 1 N–H and O–H groups in total. The summed E-state index contributed by atoms with van der Waals surface area (Å²) in [5.41, 5.74) is 2.43. The third-order valence-electron chi connectivity index (χ3n) is 6.39. The maximum atomic E-state index is 6.35. The molecule has 7 heteroatoms. The molecule has 6 nitrogen and oxygen atoms in total. The molecule has 3 heterocycles. The summed E-state index contributed by atoms with van der Waals surface area (Å²) < 4.78 is 8.39. The molecule has 0 saturated heterocycles. The van der Waals surface area contributed by atoms with Crippen molar-refractivity contribution >= 4 is 11.6 Å². The number of likely N-dealkylation sites (N-methyl/N-ethyl adjacent to an activating group) is 1. The molecule has 0 spiro atoms. The first-order chi connectivity index (χ1) is 15.2. The van der Waals surface area contributed by atoms with Gasteiger partial charge in [-0.05, 0) is 68.5 Å². The number of pyridine rings is 1. The van der Waals surface area contributed by atoms with E-state index in [1.807, 2.05) is 24.3 Å². The van der Waals surface area contributed by atoms with E-state index in [0.717, 1.165) is 61.7 Å². The van der Waals surface area contributed by atoms with Gasteiger partial charge in [-0.1, -0.05) is 24.6 Å². The van der Waals surface area contributed by atoms with Crippen LogP contribution in [0.15, 0.2) is 42.6 Å². The first-order valence-corrected chi connectivity index (χ1v) is 11.6. The largest absolute Gasteiger partial charge is 0.474 e. The fourth-order valence-corrected chi connectivity index (χ4v) is 5.14. The Kier molecular flexibility index (Phi) is 5.92. The van der Waals surface area contributed by atoms with Crippen LogP contribution in [0, 0.1) is 0 Å². The van der Waals surface area contributed by atoms with E-state index in [1.54, 1.807) is 6.20 Å². The highest BCUT2D eigenvalue weighted by atomic mass is 35.5. The second kappa shape index (κ2) is 8.97. The lowest BCUT2D eigenvalue weighted by molar-refractivity contribution is 0.139. The molecule has 0 bridgehead atoms. The molecule has 162 valence electrons. The lowest BCUT2D eigenvalue weighted by atomic mass is 9.86. The molecule has 0 radical (unpaired) electrons. The molecule has 0 unspecified atom stereocenters. The number of nitrogens with one attached hydrogen (secondary N) is 1. The van der Waals surface area contributed by atoms with E-state index in [-0.39, 0.29) is 6.10 Å². The zero-order valence-corrected chi connectivity index (χ0v) is 18.6. The van der Waals surface area contributed by atoms with Gasteiger partial charge in [-0.3, -0.25) is 4.57 Å². The molecule has 2 aliphatic rings. The van der Waals surface area contributed by atoms with Crippen molar-refractivity contribution in [3.8, 4) is 11.6 Å². The van der Waals surface area contributed by atoms with E-state index in [2.05, 4.69) is 44.1 Å². The molecule has 3 aromatic rings. The van der Waals surface area contributed by atoms with Crippen LogP contribution in [0.2, 0.25) is 5.02 Å². The minimum atomic E-state index is 0.210. The molecule has 1 aliphatic heterocycles. The van der Waals surface area contributed by atoms with Crippen molar-refractivity contribution in [2.45, 2.75) is 63.5 Å². The summed E-state index contributed by atoms with van der Waals surface area (Å²) in [6.45, 7) is 3.08. The predicted octanol–water partition coefficient (Wildman–Crippen LogP) is 4.50. The van der Waals surface area contributed by atoms with Gasteiger partial charge < -0.3 is 10.1 Å². The second-order valence-corrected chi connectivity index (χ2v) is 8.94. The number of aromatic nitrogens is 4. The van der Waals surface area contributed by atoms with Crippen LogP contribution in [0.4, 0.5) is 0 Å². The smallest absolute Gasteiger partial charge is 0.213 e. The number of hydrogen-bond donors (Lipinski definition) is 1. The molecular formula is C24H28ClN5O. The molecule has 1 aliphatic carbocycles. The molecule has 1 saturated carbocycles. The van der Waals surface area contributed by atoms with E-state index in [4.69, 9.17) is 16.3 Å². The highest BCUT2D eigenvalue weighted by Crippen LogP contribution is 2.36. The lowest BCUT2D eigenvalue weighted by Crippen LogP contribution is -2.32. The average Bonchev–Trinajstić information content (AvgIpc) is 3.12. The van der Waals surface area contributed by atoms with E-state index in [9.17, 15) is 0 Å². The van der Waals surface area contributed by atoms with Gasteiger partial charge in [0.25, 0.3) is 0 Å². The SMILES string of the molecule is CCN[C@H]1Cc2cc(Cl)ccc2-n2c(nnc2[C@H]2CC[C@H](Oc3ccccn3)CC2)C1. The molecule has 0 amide bonds. The minimum absolute atomic E-state index is 0.210. The van der Waals surface area contributed by atoms with Gasteiger partial charge in [-0.2, -0.15) is 0 Å². The highest BCUT2D eigenvalue weighted by Gasteiger charge is 2.31. The van der Waals surface area contributed by atoms with Crippen LogP contribution in [-0.2, 0) is 12.8 Å². The summed E-state index contributed by atoms with van der Waals surface area (Å²) in [6, 6.07) is 12.3. The Bertz CT molecular complexity index is 1030. The number of halogens is 1. The minimum Gasteiger partial charge on any atom is -0.474 e. The molecule has 1 aromatic carbocycles. The number of benzene rings is 1. The normalized spacial score (nSPS) is 23.0. The van der Waals surface area contributed by atoms with Crippen molar-refractivity contribution in [3.63, 3.8) is 0 Å². The third-order valence-corrected chi connectivity index (χ3v) is 6.63. The second-order valence-electron chi connectivity index (χ2n) is 8.51. The summed E-state index contributed by atoms with van der Waals surface area (Å²) in [6.07, 6.45) is 7.86. The van der Waals surface area contributed by atoms with E-state index >= 15 is 0 Å². The Labute approximate surface area is 188 Å². The summed E-state index contributed by atoms with van der Waals surface area (Å²) in [5.74, 6) is 3.20. The summed E-state index contributed by atoms with van der Waals surface area (Å²) in [4.78, 5) is 4.30. The Morgan fingerprint density at radius 1 is 1.10 bits per heavy atom. The molecule has 31 heavy (non-hydrogen) atoms. The van der Waals surface area contributed by atoms with Crippen LogP contribution in [0.5, 0.6) is 5.88 Å².